The molecule has 5 nitrogen and oxygen atoms in total. The number of carbonyl (C=O) groups is 1. The van der Waals surface area contributed by atoms with Crippen LogP contribution in [0.5, 0.6) is 0 Å². The van der Waals surface area contributed by atoms with Crippen molar-refractivity contribution in [3.63, 3.8) is 0 Å². The summed E-state index contributed by atoms with van der Waals surface area (Å²) in [5.41, 5.74) is 9.18. The first-order chi connectivity index (χ1) is 9.27. The highest BCUT2D eigenvalue weighted by Crippen LogP contribution is 2.31. The number of fused-ring (bicyclic) bond motifs is 1. The van der Waals surface area contributed by atoms with Crippen LogP contribution in [0.4, 0.5) is 11.4 Å². The Morgan fingerprint density at radius 2 is 2.05 bits per heavy atom. The smallest absolute Gasteiger partial charge is 0.261 e. The van der Waals surface area contributed by atoms with E-state index in [0.29, 0.717) is 12.1 Å². The van der Waals surface area contributed by atoms with E-state index in [4.69, 9.17) is 5.73 Å². The number of anilines is 2. The molecule has 0 spiro atoms. The molecule has 5 heteroatoms. The molecule has 1 aliphatic rings. The van der Waals surface area contributed by atoms with Crippen molar-refractivity contribution < 1.29 is 4.79 Å². The van der Waals surface area contributed by atoms with Gasteiger partial charge in [0.2, 0.25) is 0 Å². The average Bonchev–Trinajstić information content (AvgIpc) is 2.47. The predicted octanol–water partition coefficient (Wildman–Crippen LogP) is 1.65. The minimum Gasteiger partial charge on any atom is -0.398 e. The molecule has 19 heavy (non-hydrogen) atoms. The summed E-state index contributed by atoms with van der Waals surface area (Å²) in [5, 5.41) is 0. The van der Waals surface area contributed by atoms with Gasteiger partial charge in [0.05, 0.1) is 5.56 Å². The number of nitrogens with two attached hydrogens (primary N) is 1. The Balaban J connectivity index is 2.01. The fourth-order valence-electron chi connectivity index (χ4n) is 2.43. The number of amides is 1. The third kappa shape index (κ3) is 2.03. The summed E-state index contributed by atoms with van der Waals surface area (Å²) in [5.74, 6) is -0.0767. The zero-order valence-corrected chi connectivity index (χ0v) is 10.4. The van der Waals surface area contributed by atoms with Crippen LogP contribution >= 0.6 is 0 Å². The minimum absolute atomic E-state index is 0.0767. The van der Waals surface area contributed by atoms with Crippen molar-refractivity contribution in [1.82, 2.24) is 9.97 Å². The number of nitrogen functional groups attached to an aromatic ring is 1. The molecule has 1 amide bonds. The zero-order valence-electron chi connectivity index (χ0n) is 10.4. The van der Waals surface area contributed by atoms with Gasteiger partial charge in [-0.25, -0.2) is 9.97 Å². The predicted molar refractivity (Wildman–Crippen MR) is 72.9 cm³/mol. The van der Waals surface area contributed by atoms with Crippen molar-refractivity contribution in [2.45, 2.75) is 12.8 Å². The van der Waals surface area contributed by atoms with Crippen molar-refractivity contribution in [2.24, 2.45) is 0 Å². The first-order valence-electron chi connectivity index (χ1n) is 6.21. The summed E-state index contributed by atoms with van der Waals surface area (Å²) in [4.78, 5) is 22.0. The Hall–Kier alpha value is -2.43. The molecular formula is C14H14N4O. The second kappa shape index (κ2) is 4.68. The molecule has 0 saturated carbocycles. The van der Waals surface area contributed by atoms with Gasteiger partial charge < -0.3 is 10.6 Å². The summed E-state index contributed by atoms with van der Waals surface area (Å²) in [7, 11) is 0. The number of hydrogen-bond donors (Lipinski definition) is 1. The van der Waals surface area contributed by atoms with Crippen molar-refractivity contribution in [1.29, 1.82) is 0 Å². The van der Waals surface area contributed by atoms with Crippen molar-refractivity contribution in [2.75, 3.05) is 17.2 Å². The number of rotatable bonds is 1. The lowest BCUT2D eigenvalue weighted by molar-refractivity contribution is 0.0984. The summed E-state index contributed by atoms with van der Waals surface area (Å²) in [6.45, 7) is 0.699. The van der Waals surface area contributed by atoms with Gasteiger partial charge >= 0.3 is 0 Å². The lowest BCUT2D eigenvalue weighted by atomic mass is 9.99. The van der Waals surface area contributed by atoms with Crippen LogP contribution < -0.4 is 10.6 Å². The van der Waals surface area contributed by atoms with E-state index in [2.05, 4.69) is 9.97 Å². The fraction of sp³-hybridized carbons (Fsp3) is 0.214. The molecule has 0 fully saturated rings. The normalized spacial score (nSPS) is 14.0. The van der Waals surface area contributed by atoms with E-state index < -0.39 is 0 Å². The first kappa shape index (κ1) is 11.6. The van der Waals surface area contributed by atoms with Crippen molar-refractivity contribution in [3.05, 3.63) is 48.0 Å². The van der Waals surface area contributed by atoms with E-state index in [9.17, 15) is 4.79 Å². The molecule has 2 aromatic rings. The van der Waals surface area contributed by atoms with Crippen LogP contribution in [0, 0.1) is 0 Å². The van der Waals surface area contributed by atoms with Gasteiger partial charge in [-0.1, -0.05) is 6.07 Å². The first-order valence-corrected chi connectivity index (χ1v) is 6.21. The second-order valence-electron chi connectivity index (χ2n) is 4.53. The highest BCUT2D eigenvalue weighted by molar-refractivity contribution is 6.06. The minimum atomic E-state index is -0.0767. The molecule has 0 bridgehead atoms. The van der Waals surface area contributed by atoms with E-state index >= 15 is 0 Å². The molecule has 2 N–H and O–H groups in total. The van der Waals surface area contributed by atoms with Gasteiger partial charge in [0.15, 0.2) is 0 Å². The van der Waals surface area contributed by atoms with Crippen LogP contribution in [0.2, 0.25) is 0 Å². The number of nitrogens with zero attached hydrogens (tertiary/aromatic N) is 3. The van der Waals surface area contributed by atoms with Gasteiger partial charge in [-0.15, -0.1) is 0 Å². The molecule has 0 saturated heterocycles. The number of benzene rings is 1. The van der Waals surface area contributed by atoms with Gasteiger partial charge in [0.1, 0.15) is 6.33 Å². The Morgan fingerprint density at radius 1 is 1.26 bits per heavy atom. The van der Waals surface area contributed by atoms with Crippen LogP contribution in [0.3, 0.4) is 0 Å². The van der Waals surface area contributed by atoms with E-state index in [1.54, 1.807) is 4.90 Å². The molecule has 1 aromatic heterocycles. The maximum Gasteiger partial charge on any atom is 0.261 e. The zero-order chi connectivity index (χ0) is 13.2. The third-order valence-electron chi connectivity index (χ3n) is 3.34. The summed E-state index contributed by atoms with van der Waals surface area (Å²) in [6, 6.07) is 5.69. The molecule has 0 unspecified atom stereocenters. The Labute approximate surface area is 111 Å². The second-order valence-corrected chi connectivity index (χ2v) is 4.53. The maximum absolute atomic E-state index is 12.5. The van der Waals surface area contributed by atoms with Crippen LogP contribution in [-0.4, -0.2) is 22.4 Å². The quantitative estimate of drug-likeness (QED) is 0.785. The van der Waals surface area contributed by atoms with E-state index in [-0.39, 0.29) is 5.91 Å². The number of hydrogen-bond acceptors (Lipinski definition) is 4. The summed E-state index contributed by atoms with van der Waals surface area (Å²) in [6.07, 6.45) is 6.32. The number of aromatic nitrogens is 2. The molecule has 0 radical (unpaired) electrons. The molecule has 2 heterocycles. The summed E-state index contributed by atoms with van der Waals surface area (Å²) >= 11 is 0. The third-order valence-corrected chi connectivity index (χ3v) is 3.34. The molecule has 0 atom stereocenters. The lowest BCUT2D eigenvalue weighted by Gasteiger charge is -2.30. The van der Waals surface area contributed by atoms with E-state index in [1.165, 1.54) is 18.7 Å². The highest BCUT2D eigenvalue weighted by Gasteiger charge is 2.24. The molecule has 3 rings (SSSR count). The molecule has 0 aliphatic carbocycles. The summed E-state index contributed by atoms with van der Waals surface area (Å²) < 4.78 is 0. The van der Waals surface area contributed by atoms with Crippen molar-refractivity contribution in [3.8, 4) is 0 Å². The van der Waals surface area contributed by atoms with Crippen LogP contribution in [0.15, 0.2) is 36.9 Å². The van der Waals surface area contributed by atoms with Gasteiger partial charge in [-0.2, -0.15) is 0 Å². The van der Waals surface area contributed by atoms with Gasteiger partial charge in [0, 0.05) is 30.3 Å². The standard InChI is InChI=1S/C14H14N4O/c15-12-4-1-5-13-11(12)3-2-6-18(13)14(19)10-7-16-9-17-8-10/h1,4-5,7-9H,2-3,6,15H2. The van der Waals surface area contributed by atoms with Crippen LogP contribution in [0.25, 0.3) is 0 Å². The van der Waals surface area contributed by atoms with Gasteiger partial charge in [-0.3, -0.25) is 4.79 Å². The maximum atomic E-state index is 12.5. The van der Waals surface area contributed by atoms with Crippen LogP contribution in [0.1, 0.15) is 22.3 Å². The number of carbonyl (C=O) groups excluding carboxylic acids is 1. The molecular weight excluding hydrogens is 240 g/mol. The van der Waals surface area contributed by atoms with Gasteiger partial charge in [-0.05, 0) is 30.5 Å². The lowest BCUT2D eigenvalue weighted by Crippen LogP contribution is -2.35. The largest absolute Gasteiger partial charge is 0.398 e. The van der Waals surface area contributed by atoms with Crippen molar-refractivity contribution >= 4 is 17.3 Å². The molecule has 1 aliphatic heterocycles. The Bertz CT molecular complexity index is 612. The molecule has 96 valence electrons. The Kier molecular flexibility index (Phi) is 2.87. The van der Waals surface area contributed by atoms with E-state index in [1.807, 2.05) is 18.2 Å². The van der Waals surface area contributed by atoms with Gasteiger partial charge in [0.25, 0.3) is 5.91 Å². The molecule has 1 aromatic carbocycles. The monoisotopic (exact) mass is 254 g/mol. The van der Waals surface area contributed by atoms with E-state index in [0.717, 1.165) is 29.8 Å². The highest BCUT2D eigenvalue weighted by atomic mass is 16.2. The average molecular weight is 254 g/mol. The van der Waals surface area contributed by atoms with Crippen LogP contribution in [-0.2, 0) is 6.42 Å². The Morgan fingerprint density at radius 3 is 2.84 bits per heavy atom. The SMILES string of the molecule is Nc1cccc2c1CCCN2C(=O)c1cncnc1. The fourth-order valence-corrected chi connectivity index (χ4v) is 2.43. The topological polar surface area (TPSA) is 72.1 Å².